The van der Waals surface area contributed by atoms with Gasteiger partial charge in [-0.1, -0.05) is 0 Å². The molecule has 0 bridgehead atoms. The summed E-state index contributed by atoms with van der Waals surface area (Å²) >= 11 is 0. The van der Waals surface area contributed by atoms with E-state index < -0.39 is 0 Å². The molecule has 0 spiro atoms. The Kier molecular flexibility index (Phi) is 5.53. The molecule has 0 unspecified atom stereocenters. The number of aromatic nitrogens is 1. The molecule has 1 saturated heterocycles. The molecular weight excluding hydrogens is 388 g/mol. The summed E-state index contributed by atoms with van der Waals surface area (Å²) in [6.07, 6.45) is 0.708. The molecule has 156 valence electrons. The second-order valence-electron chi connectivity index (χ2n) is 7.56. The number of fused-ring (bicyclic) bond motifs is 1. The topological polar surface area (TPSA) is 56.4 Å². The third-order valence-electron chi connectivity index (χ3n) is 5.67. The highest BCUT2D eigenvalue weighted by Crippen LogP contribution is 2.32. The van der Waals surface area contributed by atoms with Gasteiger partial charge < -0.3 is 14.8 Å². The minimum absolute atomic E-state index is 0.00834. The summed E-state index contributed by atoms with van der Waals surface area (Å²) in [5, 5.41) is 0.725. The van der Waals surface area contributed by atoms with Crippen LogP contribution in [0, 0.1) is 11.6 Å². The largest absolute Gasteiger partial charge is 0.354 e. The number of benzene rings is 2. The number of carbonyl (C=O) groups is 2. The summed E-state index contributed by atoms with van der Waals surface area (Å²) in [6, 6.07) is 10.6. The van der Waals surface area contributed by atoms with E-state index in [0.717, 1.165) is 27.7 Å². The lowest BCUT2D eigenvalue weighted by molar-refractivity contribution is -0.138. The molecule has 0 aliphatic carbocycles. The Balaban J connectivity index is 1.56. The van der Waals surface area contributed by atoms with Gasteiger partial charge in [0.05, 0.1) is 0 Å². The first-order valence-corrected chi connectivity index (χ1v) is 10.0. The molecule has 2 aromatic carbocycles. The summed E-state index contributed by atoms with van der Waals surface area (Å²) in [5.41, 5.74) is 3.16. The average molecular weight is 411 g/mol. The number of piperazine rings is 1. The van der Waals surface area contributed by atoms with Crippen molar-refractivity contribution >= 4 is 22.7 Å². The SMILES string of the molecule is CC(=O)N1CCN(C(=O)CCc2c(-c3ccc(F)cc3)[nH]c3ccc(F)cc23)CC1. The molecule has 1 N–H and O–H groups in total. The van der Waals surface area contributed by atoms with Crippen LogP contribution in [0.2, 0.25) is 0 Å². The Hall–Kier alpha value is -3.22. The predicted octanol–water partition coefficient (Wildman–Crippen LogP) is 3.74. The lowest BCUT2D eigenvalue weighted by Gasteiger charge is -2.34. The van der Waals surface area contributed by atoms with Gasteiger partial charge in [-0.25, -0.2) is 8.78 Å². The summed E-state index contributed by atoms with van der Waals surface area (Å²) in [5.74, 6) is -0.650. The molecule has 0 radical (unpaired) electrons. The van der Waals surface area contributed by atoms with Gasteiger partial charge in [0.1, 0.15) is 11.6 Å². The van der Waals surface area contributed by atoms with Crippen LogP contribution in [0.5, 0.6) is 0 Å². The van der Waals surface area contributed by atoms with Gasteiger partial charge in [0.2, 0.25) is 11.8 Å². The molecule has 5 nitrogen and oxygen atoms in total. The molecule has 2 amide bonds. The van der Waals surface area contributed by atoms with Gasteiger partial charge in [0.25, 0.3) is 0 Å². The highest BCUT2D eigenvalue weighted by molar-refractivity contribution is 5.91. The maximum absolute atomic E-state index is 13.9. The van der Waals surface area contributed by atoms with Crippen molar-refractivity contribution in [1.29, 1.82) is 0 Å². The van der Waals surface area contributed by atoms with Crippen molar-refractivity contribution in [3.63, 3.8) is 0 Å². The van der Waals surface area contributed by atoms with E-state index in [1.807, 2.05) is 0 Å². The molecule has 30 heavy (non-hydrogen) atoms. The zero-order chi connectivity index (χ0) is 21.3. The maximum atomic E-state index is 13.9. The molecule has 1 aromatic heterocycles. The number of rotatable bonds is 4. The van der Waals surface area contributed by atoms with Gasteiger partial charge in [-0.15, -0.1) is 0 Å². The summed E-state index contributed by atoms with van der Waals surface area (Å²) in [6.45, 7) is 3.66. The molecule has 1 fully saturated rings. The lowest BCUT2D eigenvalue weighted by atomic mass is 10.0. The second-order valence-corrected chi connectivity index (χ2v) is 7.56. The van der Waals surface area contributed by atoms with E-state index >= 15 is 0 Å². The van der Waals surface area contributed by atoms with Crippen molar-refractivity contribution in [2.75, 3.05) is 26.2 Å². The van der Waals surface area contributed by atoms with E-state index in [9.17, 15) is 18.4 Å². The number of carbonyl (C=O) groups excluding carboxylic acids is 2. The zero-order valence-electron chi connectivity index (χ0n) is 16.8. The number of H-pyrrole nitrogens is 1. The first kappa shape index (κ1) is 20.1. The molecule has 1 aliphatic heterocycles. The third-order valence-corrected chi connectivity index (χ3v) is 5.67. The van der Waals surface area contributed by atoms with Crippen molar-refractivity contribution in [2.45, 2.75) is 19.8 Å². The van der Waals surface area contributed by atoms with Crippen LogP contribution in [0.4, 0.5) is 8.78 Å². The average Bonchev–Trinajstić information content (AvgIpc) is 3.10. The van der Waals surface area contributed by atoms with Crippen LogP contribution in [0.1, 0.15) is 18.9 Å². The summed E-state index contributed by atoms with van der Waals surface area (Å²) < 4.78 is 27.3. The standard InChI is InChI=1S/C23H23F2N3O2/c1-15(29)27-10-12-28(13-11-27)22(30)9-7-19-20-14-18(25)6-8-21(20)26-23(19)16-2-4-17(24)5-3-16/h2-6,8,14,26H,7,9-13H2,1H3. The summed E-state index contributed by atoms with van der Waals surface area (Å²) in [4.78, 5) is 31.0. The number of halogens is 2. The molecule has 4 rings (SSSR count). The Bertz CT molecular complexity index is 1080. The fourth-order valence-corrected chi connectivity index (χ4v) is 4.00. The highest BCUT2D eigenvalue weighted by atomic mass is 19.1. The number of nitrogens with zero attached hydrogens (tertiary/aromatic N) is 2. The van der Waals surface area contributed by atoms with Crippen molar-refractivity contribution in [1.82, 2.24) is 14.8 Å². The van der Waals surface area contributed by atoms with Gasteiger partial charge in [-0.3, -0.25) is 9.59 Å². The third kappa shape index (κ3) is 4.06. The number of aryl methyl sites for hydroxylation is 1. The van der Waals surface area contributed by atoms with Crippen LogP contribution in [0.25, 0.3) is 22.2 Å². The fraction of sp³-hybridized carbons (Fsp3) is 0.304. The van der Waals surface area contributed by atoms with E-state index in [0.29, 0.717) is 32.6 Å². The monoisotopic (exact) mass is 411 g/mol. The van der Waals surface area contributed by atoms with Crippen LogP contribution in [0.3, 0.4) is 0 Å². The molecule has 2 heterocycles. The van der Waals surface area contributed by atoms with Gasteiger partial charge in [0.15, 0.2) is 0 Å². The molecule has 0 saturated carbocycles. The highest BCUT2D eigenvalue weighted by Gasteiger charge is 2.23. The van der Waals surface area contributed by atoms with Crippen LogP contribution < -0.4 is 0 Å². The van der Waals surface area contributed by atoms with Crippen LogP contribution >= 0.6 is 0 Å². The molecular formula is C23H23F2N3O2. The first-order chi connectivity index (χ1) is 14.4. The van der Waals surface area contributed by atoms with Gasteiger partial charge >= 0.3 is 0 Å². The zero-order valence-corrected chi connectivity index (χ0v) is 16.8. The Morgan fingerprint density at radius 1 is 0.933 bits per heavy atom. The molecule has 7 heteroatoms. The number of hydrogen-bond acceptors (Lipinski definition) is 2. The van der Waals surface area contributed by atoms with E-state index in [4.69, 9.17) is 0 Å². The number of hydrogen-bond donors (Lipinski definition) is 1. The van der Waals surface area contributed by atoms with Crippen molar-refractivity contribution in [3.8, 4) is 11.3 Å². The predicted molar refractivity (Wildman–Crippen MR) is 111 cm³/mol. The lowest BCUT2D eigenvalue weighted by Crippen LogP contribution is -2.50. The fourth-order valence-electron chi connectivity index (χ4n) is 4.00. The van der Waals surface area contributed by atoms with Crippen molar-refractivity contribution < 1.29 is 18.4 Å². The number of nitrogens with one attached hydrogen (secondary N) is 1. The van der Waals surface area contributed by atoms with Crippen LogP contribution in [-0.2, 0) is 16.0 Å². The molecule has 1 aliphatic rings. The van der Waals surface area contributed by atoms with E-state index in [1.165, 1.54) is 31.2 Å². The van der Waals surface area contributed by atoms with Gasteiger partial charge in [0, 0.05) is 56.1 Å². The van der Waals surface area contributed by atoms with E-state index in [-0.39, 0.29) is 29.9 Å². The van der Waals surface area contributed by atoms with E-state index in [2.05, 4.69) is 4.98 Å². The van der Waals surface area contributed by atoms with Gasteiger partial charge in [-0.2, -0.15) is 0 Å². The minimum Gasteiger partial charge on any atom is -0.354 e. The van der Waals surface area contributed by atoms with Crippen LogP contribution in [0.15, 0.2) is 42.5 Å². The first-order valence-electron chi connectivity index (χ1n) is 10.0. The smallest absolute Gasteiger partial charge is 0.223 e. The van der Waals surface area contributed by atoms with Gasteiger partial charge in [-0.05, 0) is 60.0 Å². The normalized spacial score (nSPS) is 14.4. The molecule has 0 atom stereocenters. The minimum atomic E-state index is -0.347. The van der Waals surface area contributed by atoms with E-state index in [1.54, 1.807) is 28.0 Å². The Labute approximate surface area is 173 Å². The van der Waals surface area contributed by atoms with Crippen molar-refractivity contribution in [2.24, 2.45) is 0 Å². The summed E-state index contributed by atoms with van der Waals surface area (Å²) in [7, 11) is 0. The second kappa shape index (κ2) is 8.26. The quantitative estimate of drug-likeness (QED) is 0.711. The number of aromatic amines is 1. The number of amides is 2. The molecule has 3 aromatic rings. The Morgan fingerprint density at radius 3 is 2.23 bits per heavy atom. The Morgan fingerprint density at radius 2 is 1.57 bits per heavy atom. The van der Waals surface area contributed by atoms with Crippen molar-refractivity contribution in [3.05, 3.63) is 59.7 Å². The maximum Gasteiger partial charge on any atom is 0.223 e. The van der Waals surface area contributed by atoms with Crippen LogP contribution in [-0.4, -0.2) is 52.8 Å².